The van der Waals surface area contributed by atoms with E-state index >= 15 is 0 Å². The fraction of sp³-hybridized carbons (Fsp3) is 0.250. The van der Waals surface area contributed by atoms with Crippen molar-refractivity contribution in [2.24, 2.45) is 5.92 Å². The second kappa shape index (κ2) is 5.74. The highest BCUT2D eigenvalue weighted by Crippen LogP contribution is 2.27. The first-order chi connectivity index (χ1) is 9.83. The number of hydrogen-bond donors (Lipinski definition) is 1. The van der Waals surface area contributed by atoms with Crippen LogP contribution in [0.4, 0.5) is 5.82 Å². The van der Waals surface area contributed by atoms with E-state index in [4.69, 9.17) is 4.74 Å². The number of pyridine rings is 1. The number of aromatic nitrogens is 1. The predicted molar refractivity (Wildman–Crippen MR) is 76.6 cm³/mol. The average molecular weight is 268 g/mol. The molecular formula is C16H16N2O2. The highest BCUT2D eigenvalue weighted by molar-refractivity contribution is 5.91. The maximum Gasteiger partial charge on any atom is 0.229 e. The van der Waals surface area contributed by atoms with Crippen molar-refractivity contribution < 1.29 is 9.53 Å². The Morgan fingerprint density at radius 1 is 1.20 bits per heavy atom. The minimum atomic E-state index is -0.0827. The van der Waals surface area contributed by atoms with Gasteiger partial charge in [-0.25, -0.2) is 4.98 Å². The minimum Gasteiger partial charge on any atom is -0.493 e. The largest absolute Gasteiger partial charge is 0.493 e. The maximum atomic E-state index is 12.3. The average Bonchev–Trinajstić information content (AvgIpc) is 2.70. The molecule has 2 heterocycles. The van der Waals surface area contributed by atoms with Crippen LogP contribution in [0.5, 0.6) is 5.75 Å². The molecule has 1 amide bonds. The van der Waals surface area contributed by atoms with Crippen LogP contribution < -0.4 is 10.1 Å². The molecule has 0 radical (unpaired) electrons. The molecule has 4 nitrogen and oxygen atoms in total. The minimum absolute atomic E-state index is 0.00371. The van der Waals surface area contributed by atoms with E-state index in [1.807, 2.05) is 36.4 Å². The zero-order chi connectivity index (χ0) is 13.8. The maximum absolute atomic E-state index is 12.3. The van der Waals surface area contributed by atoms with Gasteiger partial charge in [0.25, 0.3) is 0 Å². The summed E-state index contributed by atoms with van der Waals surface area (Å²) >= 11 is 0. The van der Waals surface area contributed by atoms with Crippen LogP contribution in [-0.2, 0) is 11.2 Å². The van der Waals surface area contributed by atoms with Crippen molar-refractivity contribution in [1.82, 2.24) is 4.98 Å². The van der Waals surface area contributed by atoms with Crippen molar-refractivity contribution >= 4 is 11.7 Å². The van der Waals surface area contributed by atoms with E-state index < -0.39 is 0 Å². The number of ether oxygens (including phenoxy) is 1. The van der Waals surface area contributed by atoms with Gasteiger partial charge < -0.3 is 10.1 Å². The van der Waals surface area contributed by atoms with Gasteiger partial charge in [0.1, 0.15) is 11.6 Å². The Bertz CT molecular complexity index is 598. The molecule has 20 heavy (non-hydrogen) atoms. The van der Waals surface area contributed by atoms with Crippen LogP contribution in [0.3, 0.4) is 0 Å². The van der Waals surface area contributed by atoms with Crippen LogP contribution in [0.2, 0.25) is 0 Å². The summed E-state index contributed by atoms with van der Waals surface area (Å²) in [6, 6.07) is 13.4. The topological polar surface area (TPSA) is 51.2 Å². The van der Waals surface area contributed by atoms with Crippen molar-refractivity contribution in [3.8, 4) is 5.75 Å². The lowest BCUT2D eigenvalue weighted by Gasteiger charge is -2.13. The Labute approximate surface area is 117 Å². The van der Waals surface area contributed by atoms with E-state index in [9.17, 15) is 4.79 Å². The predicted octanol–water partition coefficient (Wildman–Crippen LogP) is 2.66. The monoisotopic (exact) mass is 268 g/mol. The summed E-state index contributed by atoms with van der Waals surface area (Å²) in [5, 5.41) is 2.86. The smallest absolute Gasteiger partial charge is 0.229 e. The molecule has 1 atom stereocenters. The lowest BCUT2D eigenvalue weighted by atomic mass is 9.96. The number of amides is 1. The third kappa shape index (κ3) is 2.79. The Morgan fingerprint density at radius 3 is 2.90 bits per heavy atom. The molecule has 0 fully saturated rings. The number of benzene rings is 1. The van der Waals surface area contributed by atoms with Crippen molar-refractivity contribution in [2.45, 2.75) is 12.8 Å². The Hall–Kier alpha value is -2.36. The Balaban J connectivity index is 1.73. The Kier molecular flexibility index (Phi) is 3.63. The van der Waals surface area contributed by atoms with Gasteiger partial charge in [-0.1, -0.05) is 24.3 Å². The van der Waals surface area contributed by atoms with Crippen molar-refractivity contribution in [3.05, 3.63) is 54.2 Å². The summed E-state index contributed by atoms with van der Waals surface area (Å²) in [5.41, 5.74) is 1.09. The first kappa shape index (κ1) is 12.7. The SMILES string of the molecule is O=C(Nc1ccccn1)C1CCOc2ccccc2C1. The van der Waals surface area contributed by atoms with Crippen LogP contribution in [-0.4, -0.2) is 17.5 Å². The molecule has 2 aromatic rings. The molecule has 1 aromatic heterocycles. The molecule has 0 spiro atoms. The van der Waals surface area contributed by atoms with Crippen LogP contribution in [0.15, 0.2) is 48.7 Å². The third-order valence-corrected chi connectivity index (χ3v) is 3.45. The normalized spacial score (nSPS) is 17.5. The standard InChI is InChI=1S/C16H16N2O2/c19-16(18-15-7-3-4-9-17-15)13-8-10-20-14-6-2-1-5-12(14)11-13/h1-7,9,13H,8,10-11H2,(H,17,18,19). The number of nitrogens with zero attached hydrogens (tertiary/aromatic N) is 1. The highest BCUT2D eigenvalue weighted by Gasteiger charge is 2.23. The van der Waals surface area contributed by atoms with Gasteiger partial charge in [-0.3, -0.25) is 4.79 Å². The zero-order valence-corrected chi connectivity index (χ0v) is 11.1. The van der Waals surface area contributed by atoms with E-state index in [-0.39, 0.29) is 11.8 Å². The number of nitrogens with one attached hydrogen (secondary N) is 1. The molecular weight excluding hydrogens is 252 g/mol. The Morgan fingerprint density at radius 2 is 2.05 bits per heavy atom. The van der Waals surface area contributed by atoms with Crippen molar-refractivity contribution in [1.29, 1.82) is 0 Å². The van der Waals surface area contributed by atoms with Gasteiger partial charge in [0.05, 0.1) is 6.61 Å². The lowest BCUT2D eigenvalue weighted by Crippen LogP contribution is -2.25. The first-order valence-corrected chi connectivity index (χ1v) is 6.75. The lowest BCUT2D eigenvalue weighted by molar-refractivity contribution is -0.120. The molecule has 3 rings (SSSR count). The molecule has 4 heteroatoms. The molecule has 1 unspecified atom stereocenters. The van der Waals surface area contributed by atoms with Crippen molar-refractivity contribution in [3.63, 3.8) is 0 Å². The fourth-order valence-electron chi connectivity index (χ4n) is 2.38. The summed E-state index contributed by atoms with van der Waals surface area (Å²) in [4.78, 5) is 16.4. The molecule has 1 aliphatic heterocycles. The number of carbonyl (C=O) groups excluding carboxylic acids is 1. The fourth-order valence-corrected chi connectivity index (χ4v) is 2.38. The van der Waals surface area contributed by atoms with E-state index in [2.05, 4.69) is 10.3 Å². The van der Waals surface area contributed by atoms with Gasteiger partial charge in [-0.2, -0.15) is 0 Å². The van der Waals surface area contributed by atoms with Crippen LogP contribution in [0, 0.1) is 5.92 Å². The van der Waals surface area contributed by atoms with E-state index in [0.29, 0.717) is 25.3 Å². The van der Waals surface area contributed by atoms with Gasteiger partial charge in [0.15, 0.2) is 0 Å². The third-order valence-electron chi connectivity index (χ3n) is 3.45. The number of fused-ring (bicyclic) bond motifs is 1. The molecule has 1 aliphatic rings. The summed E-state index contributed by atoms with van der Waals surface area (Å²) in [6.45, 7) is 0.567. The van der Waals surface area contributed by atoms with E-state index in [1.54, 1.807) is 12.3 Å². The highest BCUT2D eigenvalue weighted by atomic mass is 16.5. The number of hydrogen-bond acceptors (Lipinski definition) is 3. The molecule has 0 saturated carbocycles. The van der Waals surface area contributed by atoms with Gasteiger partial charge in [-0.05, 0) is 36.6 Å². The molecule has 102 valence electrons. The van der Waals surface area contributed by atoms with Gasteiger partial charge in [-0.15, -0.1) is 0 Å². The number of rotatable bonds is 2. The molecule has 0 bridgehead atoms. The number of anilines is 1. The second-order valence-electron chi connectivity index (χ2n) is 4.85. The van der Waals surface area contributed by atoms with Gasteiger partial charge >= 0.3 is 0 Å². The van der Waals surface area contributed by atoms with Gasteiger partial charge in [0, 0.05) is 12.1 Å². The number of carbonyl (C=O) groups is 1. The molecule has 0 aliphatic carbocycles. The summed E-state index contributed by atoms with van der Waals surface area (Å²) in [7, 11) is 0. The second-order valence-corrected chi connectivity index (χ2v) is 4.85. The van der Waals surface area contributed by atoms with Gasteiger partial charge in [0.2, 0.25) is 5.91 Å². The quantitative estimate of drug-likeness (QED) is 0.911. The molecule has 0 saturated heterocycles. The summed E-state index contributed by atoms with van der Waals surface area (Å²) in [6.07, 6.45) is 3.09. The number of para-hydroxylation sites is 1. The van der Waals surface area contributed by atoms with Crippen LogP contribution in [0.1, 0.15) is 12.0 Å². The molecule has 1 N–H and O–H groups in total. The zero-order valence-electron chi connectivity index (χ0n) is 11.1. The molecule has 1 aromatic carbocycles. The van der Waals surface area contributed by atoms with E-state index in [0.717, 1.165) is 11.3 Å². The van der Waals surface area contributed by atoms with Crippen molar-refractivity contribution in [2.75, 3.05) is 11.9 Å². The first-order valence-electron chi connectivity index (χ1n) is 6.75. The van der Waals surface area contributed by atoms with E-state index in [1.165, 1.54) is 0 Å². The summed E-state index contributed by atoms with van der Waals surface area (Å²) < 4.78 is 5.68. The summed E-state index contributed by atoms with van der Waals surface area (Å²) in [5.74, 6) is 1.40. The van der Waals surface area contributed by atoms with Crippen LogP contribution in [0.25, 0.3) is 0 Å². The van der Waals surface area contributed by atoms with Crippen LogP contribution >= 0.6 is 0 Å².